The predicted molar refractivity (Wildman–Crippen MR) is 76.5 cm³/mol. The molecule has 1 rings (SSSR count). The third kappa shape index (κ3) is 2.53. The molecule has 0 aromatic carbocycles. The van der Waals surface area contributed by atoms with Crippen LogP contribution >= 0.6 is 0 Å². The fraction of sp³-hybridized carbons (Fsp3) is 1.00. The Morgan fingerprint density at radius 2 is 1.39 bits per heavy atom. The van der Waals surface area contributed by atoms with Crippen LogP contribution < -0.4 is 0 Å². The van der Waals surface area contributed by atoms with E-state index in [2.05, 4.69) is 41.5 Å². The minimum Gasteiger partial charge on any atom is -0.374 e. The third-order valence-electron chi connectivity index (χ3n) is 4.99. The summed E-state index contributed by atoms with van der Waals surface area (Å²) in [5, 5.41) is 0. The van der Waals surface area contributed by atoms with Gasteiger partial charge in [0.05, 0.1) is 5.60 Å². The van der Waals surface area contributed by atoms with Gasteiger partial charge < -0.3 is 13.3 Å². The van der Waals surface area contributed by atoms with E-state index in [9.17, 15) is 0 Å². The first-order valence-electron chi connectivity index (χ1n) is 7.02. The van der Waals surface area contributed by atoms with Gasteiger partial charge in [-0.15, -0.1) is 0 Å². The Bertz CT molecular complexity index is 269. The van der Waals surface area contributed by atoms with Crippen molar-refractivity contribution in [1.29, 1.82) is 0 Å². The van der Waals surface area contributed by atoms with Crippen molar-refractivity contribution in [2.75, 3.05) is 13.2 Å². The largest absolute Gasteiger partial charge is 0.501 e. The van der Waals surface area contributed by atoms with E-state index in [1.807, 2.05) is 13.8 Å². The molecule has 0 saturated carbocycles. The summed E-state index contributed by atoms with van der Waals surface area (Å²) in [6, 6.07) is 0.887. The SMILES string of the molecule is CCO[Si]1(OCC)CC(C)(C)C(C)(C)C(C)(C)O1. The molecular weight excluding hydrogens is 244 g/mol. The van der Waals surface area contributed by atoms with Crippen molar-refractivity contribution in [2.45, 2.75) is 67.0 Å². The van der Waals surface area contributed by atoms with Crippen molar-refractivity contribution in [3.05, 3.63) is 0 Å². The van der Waals surface area contributed by atoms with Crippen molar-refractivity contribution in [2.24, 2.45) is 10.8 Å². The van der Waals surface area contributed by atoms with Crippen LogP contribution in [-0.4, -0.2) is 27.6 Å². The number of hydrogen-bond acceptors (Lipinski definition) is 3. The van der Waals surface area contributed by atoms with Gasteiger partial charge in [0.2, 0.25) is 0 Å². The van der Waals surface area contributed by atoms with E-state index in [1.165, 1.54) is 0 Å². The maximum Gasteiger partial charge on any atom is 0.501 e. The van der Waals surface area contributed by atoms with Crippen molar-refractivity contribution in [1.82, 2.24) is 0 Å². The Morgan fingerprint density at radius 3 is 1.72 bits per heavy atom. The number of rotatable bonds is 4. The van der Waals surface area contributed by atoms with Gasteiger partial charge in [-0.2, -0.15) is 0 Å². The molecule has 0 unspecified atom stereocenters. The molecule has 1 aliphatic rings. The molecule has 0 bridgehead atoms. The topological polar surface area (TPSA) is 27.7 Å². The van der Waals surface area contributed by atoms with Gasteiger partial charge in [-0.25, -0.2) is 0 Å². The highest BCUT2D eigenvalue weighted by molar-refractivity contribution is 6.61. The molecular formula is C14H30O3Si. The van der Waals surface area contributed by atoms with E-state index in [-0.39, 0.29) is 16.4 Å². The van der Waals surface area contributed by atoms with Gasteiger partial charge in [-0.05, 0) is 38.5 Å². The zero-order valence-corrected chi connectivity index (χ0v) is 14.3. The third-order valence-corrected chi connectivity index (χ3v) is 8.59. The van der Waals surface area contributed by atoms with Gasteiger partial charge in [0.1, 0.15) is 0 Å². The van der Waals surface area contributed by atoms with Crippen LogP contribution in [0, 0.1) is 10.8 Å². The van der Waals surface area contributed by atoms with Crippen LogP contribution in [0.2, 0.25) is 6.04 Å². The maximum atomic E-state index is 6.39. The Labute approximate surface area is 114 Å². The summed E-state index contributed by atoms with van der Waals surface area (Å²) in [6.07, 6.45) is 0. The summed E-state index contributed by atoms with van der Waals surface area (Å²) in [5.74, 6) is 0. The second-order valence-electron chi connectivity index (χ2n) is 6.85. The molecule has 108 valence electrons. The first-order chi connectivity index (χ1) is 8.04. The fourth-order valence-electron chi connectivity index (χ4n) is 2.77. The molecule has 1 heterocycles. The summed E-state index contributed by atoms with van der Waals surface area (Å²) in [5.41, 5.74) is -0.0403. The Kier molecular flexibility index (Phi) is 4.39. The molecule has 0 aliphatic carbocycles. The zero-order chi connectivity index (χ0) is 14.2. The molecule has 0 atom stereocenters. The summed E-state index contributed by atoms with van der Waals surface area (Å²) in [6.45, 7) is 18.8. The molecule has 1 fully saturated rings. The maximum absolute atomic E-state index is 6.39. The molecule has 3 nitrogen and oxygen atoms in total. The van der Waals surface area contributed by atoms with Gasteiger partial charge in [0.15, 0.2) is 0 Å². The second kappa shape index (κ2) is 4.89. The van der Waals surface area contributed by atoms with Crippen molar-refractivity contribution in [3.63, 3.8) is 0 Å². The minimum atomic E-state index is -2.54. The minimum absolute atomic E-state index is 0.0741. The molecule has 0 aromatic heterocycles. The van der Waals surface area contributed by atoms with Crippen LogP contribution in [0.5, 0.6) is 0 Å². The van der Waals surface area contributed by atoms with Crippen LogP contribution in [-0.2, 0) is 13.3 Å². The molecule has 0 N–H and O–H groups in total. The van der Waals surface area contributed by atoms with E-state index in [1.54, 1.807) is 0 Å². The van der Waals surface area contributed by atoms with Crippen LogP contribution in [0.1, 0.15) is 55.4 Å². The molecule has 0 aromatic rings. The first kappa shape index (κ1) is 16.2. The highest BCUT2D eigenvalue weighted by Gasteiger charge is 2.63. The molecule has 0 amide bonds. The van der Waals surface area contributed by atoms with Crippen LogP contribution in [0.15, 0.2) is 0 Å². The Balaban J connectivity index is 3.14. The molecule has 0 spiro atoms. The monoisotopic (exact) mass is 274 g/mol. The average Bonchev–Trinajstić information content (AvgIpc) is 2.14. The second-order valence-corrected chi connectivity index (χ2v) is 9.35. The van der Waals surface area contributed by atoms with Crippen LogP contribution in [0.25, 0.3) is 0 Å². The highest BCUT2D eigenvalue weighted by atomic mass is 28.4. The lowest BCUT2D eigenvalue weighted by molar-refractivity contribution is -0.151. The predicted octanol–water partition coefficient (Wildman–Crippen LogP) is 3.86. The summed E-state index contributed by atoms with van der Waals surface area (Å²) in [4.78, 5) is 0. The van der Waals surface area contributed by atoms with E-state index in [0.717, 1.165) is 6.04 Å². The van der Waals surface area contributed by atoms with Crippen LogP contribution in [0.3, 0.4) is 0 Å². The van der Waals surface area contributed by atoms with Gasteiger partial charge in [-0.3, -0.25) is 0 Å². The van der Waals surface area contributed by atoms with Gasteiger partial charge in [0.25, 0.3) is 0 Å². The Hall–Kier alpha value is 0.0969. The standard InChI is InChI=1S/C14H30O3Si/c1-9-15-18(16-10-2)11-12(3,4)13(5,6)14(7,8)17-18/h9-11H2,1-8H3. The smallest absolute Gasteiger partial charge is 0.374 e. The lowest BCUT2D eigenvalue weighted by Crippen LogP contribution is -2.66. The molecule has 18 heavy (non-hydrogen) atoms. The summed E-state index contributed by atoms with van der Waals surface area (Å²) >= 11 is 0. The first-order valence-corrected chi connectivity index (χ1v) is 8.95. The average molecular weight is 274 g/mol. The van der Waals surface area contributed by atoms with Gasteiger partial charge in [-0.1, -0.05) is 27.7 Å². The summed E-state index contributed by atoms with van der Waals surface area (Å²) in [7, 11) is -2.54. The van der Waals surface area contributed by atoms with E-state index in [0.29, 0.717) is 13.2 Å². The van der Waals surface area contributed by atoms with Gasteiger partial charge >= 0.3 is 8.80 Å². The van der Waals surface area contributed by atoms with E-state index >= 15 is 0 Å². The zero-order valence-electron chi connectivity index (χ0n) is 13.3. The lowest BCUT2D eigenvalue weighted by atomic mass is 9.60. The Morgan fingerprint density at radius 1 is 0.944 bits per heavy atom. The van der Waals surface area contributed by atoms with E-state index < -0.39 is 8.80 Å². The van der Waals surface area contributed by atoms with Crippen molar-refractivity contribution >= 4 is 8.80 Å². The summed E-state index contributed by atoms with van der Waals surface area (Å²) < 4.78 is 18.3. The van der Waals surface area contributed by atoms with Crippen molar-refractivity contribution < 1.29 is 13.3 Å². The van der Waals surface area contributed by atoms with Gasteiger partial charge in [0, 0.05) is 19.3 Å². The molecule has 1 saturated heterocycles. The van der Waals surface area contributed by atoms with Crippen LogP contribution in [0.4, 0.5) is 0 Å². The van der Waals surface area contributed by atoms with E-state index in [4.69, 9.17) is 13.3 Å². The number of hydrogen-bond donors (Lipinski definition) is 0. The molecule has 4 heteroatoms. The lowest BCUT2D eigenvalue weighted by Gasteiger charge is -2.59. The molecule has 1 aliphatic heterocycles. The quantitative estimate of drug-likeness (QED) is 0.729. The molecule has 0 radical (unpaired) electrons. The highest BCUT2D eigenvalue weighted by Crippen LogP contribution is 2.57. The normalized spacial score (nSPS) is 28.0. The van der Waals surface area contributed by atoms with Crippen molar-refractivity contribution in [3.8, 4) is 0 Å². The fourth-order valence-corrected chi connectivity index (χ4v) is 6.69.